The summed E-state index contributed by atoms with van der Waals surface area (Å²) in [6.07, 6.45) is 6.30. The predicted molar refractivity (Wildman–Crippen MR) is 70.6 cm³/mol. The molecule has 1 rings (SSSR count). The SMILES string of the molecule is CC(C)(C)C1C(C=O)=CC=CC1(O)C(C)(C)C. The van der Waals surface area contributed by atoms with E-state index in [9.17, 15) is 9.90 Å². The molecule has 2 atom stereocenters. The van der Waals surface area contributed by atoms with Gasteiger partial charge in [0.1, 0.15) is 6.29 Å². The number of allylic oxidation sites excluding steroid dienone is 2. The topological polar surface area (TPSA) is 37.3 Å². The number of hydrogen-bond acceptors (Lipinski definition) is 2. The number of aldehydes is 1. The molecule has 0 amide bonds. The van der Waals surface area contributed by atoms with E-state index in [1.807, 2.05) is 32.9 Å². The Morgan fingerprint density at radius 2 is 1.76 bits per heavy atom. The maximum absolute atomic E-state index is 11.2. The largest absolute Gasteiger partial charge is 0.385 e. The van der Waals surface area contributed by atoms with Gasteiger partial charge in [0.25, 0.3) is 0 Å². The molecule has 0 spiro atoms. The Labute approximate surface area is 104 Å². The normalized spacial score (nSPS) is 30.1. The van der Waals surface area contributed by atoms with Crippen molar-refractivity contribution in [3.8, 4) is 0 Å². The summed E-state index contributed by atoms with van der Waals surface area (Å²) < 4.78 is 0. The minimum Gasteiger partial charge on any atom is -0.385 e. The molecule has 2 unspecified atom stereocenters. The second kappa shape index (κ2) is 4.09. The lowest BCUT2D eigenvalue weighted by molar-refractivity contribution is -0.112. The fraction of sp³-hybridized carbons (Fsp3) is 0.667. The quantitative estimate of drug-likeness (QED) is 0.710. The summed E-state index contributed by atoms with van der Waals surface area (Å²) >= 11 is 0. The van der Waals surface area contributed by atoms with Gasteiger partial charge in [-0.2, -0.15) is 0 Å². The molecule has 96 valence electrons. The molecule has 1 aliphatic rings. The molecule has 0 fully saturated rings. The van der Waals surface area contributed by atoms with Crippen LogP contribution >= 0.6 is 0 Å². The third-order valence-corrected chi connectivity index (χ3v) is 3.62. The Hall–Kier alpha value is -0.890. The smallest absolute Gasteiger partial charge is 0.146 e. The Balaban J connectivity index is 3.38. The van der Waals surface area contributed by atoms with E-state index >= 15 is 0 Å². The Kier molecular flexibility index (Phi) is 3.41. The molecule has 2 heteroatoms. The van der Waals surface area contributed by atoms with Crippen LogP contribution in [0.4, 0.5) is 0 Å². The zero-order chi connectivity index (χ0) is 13.5. The molecule has 0 aromatic carbocycles. The van der Waals surface area contributed by atoms with E-state index in [-0.39, 0.29) is 16.7 Å². The van der Waals surface area contributed by atoms with Gasteiger partial charge in [0, 0.05) is 5.92 Å². The van der Waals surface area contributed by atoms with Gasteiger partial charge < -0.3 is 5.11 Å². The summed E-state index contributed by atoms with van der Waals surface area (Å²) in [6.45, 7) is 12.2. The van der Waals surface area contributed by atoms with Gasteiger partial charge in [0.2, 0.25) is 0 Å². The predicted octanol–water partition coefficient (Wildman–Crippen LogP) is 3.12. The van der Waals surface area contributed by atoms with Crippen LogP contribution in [0.15, 0.2) is 23.8 Å². The molecule has 0 aromatic heterocycles. The molecule has 0 saturated heterocycles. The number of carbonyl (C=O) groups excluding carboxylic acids is 1. The average molecular weight is 236 g/mol. The van der Waals surface area contributed by atoms with Crippen LogP contribution in [0.5, 0.6) is 0 Å². The summed E-state index contributed by atoms with van der Waals surface area (Å²) in [7, 11) is 0. The van der Waals surface area contributed by atoms with Crippen molar-refractivity contribution in [2.45, 2.75) is 47.1 Å². The van der Waals surface area contributed by atoms with E-state index in [1.54, 1.807) is 6.08 Å². The maximum atomic E-state index is 11.2. The van der Waals surface area contributed by atoms with Crippen molar-refractivity contribution in [3.63, 3.8) is 0 Å². The van der Waals surface area contributed by atoms with E-state index < -0.39 is 5.60 Å². The van der Waals surface area contributed by atoms with Crippen molar-refractivity contribution in [2.24, 2.45) is 16.7 Å². The molecule has 2 nitrogen and oxygen atoms in total. The van der Waals surface area contributed by atoms with Gasteiger partial charge in [-0.25, -0.2) is 0 Å². The third kappa shape index (κ3) is 2.37. The van der Waals surface area contributed by atoms with Crippen molar-refractivity contribution in [3.05, 3.63) is 23.8 Å². The van der Waals surface area contributed by atoms with Gasteiger partial charge in [-0.1, -0.05) is 59.8 Å². The first-order chi connectivity index (χ1) is 7.54. The van der Waals surface area contributed by atoms with E-state index in [0.29, 0.717) is 5.57 Å². The van der Waals surface area contributed by atoms with Gasteiger partial charge in [0.05, 0.1) is 5.60 Å². The van der Waals surface area contributed by atoms with Crippen LogP contribution in [-0.2, 0) is 4.79 Å². The van der Waals surface area contributed by atoms with Crippen molar-refractivity contribution in [1.29, 1.82) is 0 Å². The number of hydrogen-bond donors (Lipinski definition) is 1. The molecule has 1 aliphatic carbocycles. The molecule has 0 saturated carbocycles. The summed E-state index contributed by atoms with van der Waals surface area (Å²) in [4.78, 5) is 11.2. The Morgan fingerprint density at radius 1 is 1.24 bits per heavy atom. The molecule has 0 aromatic rings. The van der Waals surface area contributed by atoms with E-state index in [0.717, 1.165) is 6.29 Å². The van der Waals surface area contributed by atoms with Crippen molar-refractivity contribution < 1.29 is 9.90 Å². The second-order valence-corrected chi connectivity index (χ2v) is 7.02. The highest BCUT2D eigenvalue weighted by Crippen LogP contribution is 2.49. The van der Waals surface area contributed by atoms with Crippen LogP contribution in [0, 0.1) is 16.7 Å². The summed E-state index contributed by atoms with van der Waals surface area (Å²) in [5, 5.41) is 11.0. The zero-order valence-corrected chi connectivity index (χ0v) is 11.7. The van der Waals surface area contributed by atoms with Crippen LogP contribution in [0.25, 0.3) is 0 Å². The average Bonchev–Trinajstić information content (AvgIpc) is 2.13. The first-order valence-corrected chi connectivity index (χ1v) is 6.11. The van der Waals surface area contributed by atoms with Crippen LogP contribution in [0.1, 0.15) is 41.5 Å². The lowest BCUT2D eigenvalue weighted by atomic mass is 9.57. The van der Waals surface area contributed by atoms with Gasteiger partial charge in [-0.05, 0) is 16.4 Å². The molecular formula is C15H24O2. The van der Waals surface area contributed by atoms with Crippen LogP contribution in [-0.4, -0.2) is 17.0 Å². The van der Waals surface area contributed by atoms with Crippen molar-refractivity contribution in [2.75, 3.05) is 0 Å². The van der Waals surface area contributed by atoms with Gasteiger partial charge in [-0.3, -0.25) is 4.79 Å². The number of rotatable bonds is 1. The molecule has 1 N–H and O–H groups in total. The van der Waals surface area contributed by atoms with Crippen LogP contribution in [0.2, 0.25) is 0 Å². The Bertz CT molecular complexity index is 363. The molecule has 0 aliphatic heterocycles. The van der Waals surface area contributed by atoms with Crippen molar-refractivity contribution >= 4 is 6.29 Å². The minimum absolute atomic E-state index is 0.167. The van der Waals surface area contributed by atoms with E-state index in [4.69, 9.17) is 0 Å². The van der Waals surface area contributed by atoms with E-state index in [2.05, 4.69) is 20.8 Å². The highest BCUT2D eigenvalue weighted by molar-refractivity contribution is 5.76. The summed E-state index contributed by atoms with van der Waals surface area (Å²) in [6, 6.07) is 0. The molecule has 17 heavy (non-hydrogen) atoms. The van der Waals surface area contributed by atoms with Gasteiger partial charge in [0.15, 0.2) is 0 Å². The number of carbonyl (C=O) groups is 1. The minimum atomic E-state index is -0.990. The monoisotopic (exact) mass is 236 g/mol. The first-order valence-electron chi connectivity index (χ1n) is 6.11. The fourth-order valence-corrected chi connectivity index (χ4v) is 2.70. The van der Waals surface area contributed by atoms with Gasteiger partial charge >= 0.3 is 0 Å². The number of aliphatic hydroxyl groups is 1. The highest BCUT2D eigenvalue weighted by Gasteiger charge is 2.51. The summed E-state index contributed by atoms with van der Waals surface area (Å²) in [5.74, 6) is -0.183. The van der Waals surface area contributed by atoms with E-state index in [1.165, 1.54) is 0 Å². The Morgan fingerprint density at radius 3 is 2.12 bits per heavy atom. The van der Waals surface area contributed by atoms with Gasteiger partial charge in [-0.15, -0.1) is 0 Å². The van der Waals surface area contributed by atoms with Crippen molar-refractivity contribution in [1.82, 2.24) is 0 Å². The fourth-order valence-electron chi connectivity index (χ4n) is 2.70. The molecule has 0 heterocycles. The lowest BCUT2D eigenvalue weighted by Gasteiger charge is -2.50. The highest BCUT2D eigenvalue weighted by atomic mass is 16.3. The zero-order valence-electron chi connectivity index (χ0n) is 11.7. The second-order valence-electron chi connectivity index (χ2n) is 7.02. The summed E-state index contributed by atoms with van der Waals surface area (Å²) in [5.41, 5.74) is -0.794. The standard InChI is InChI=1S/C15H24O2/c1-13(2,3)12-11(10-16)8-7-9-15(12,17)14(4,5)6/h7-10,12,17H,1-6H3. The molecule has 0 radical (unpaired) electrons. The first kappa shape index (κ1) is 14.2. The lowest BCUT2D eigenvalue weighted by Crippen LogP contribution is -2.54. The van der Waals surface area contributed by atoms with Crippen LogP contribution < -0.4 is 0 Å². The third-order valence-electron chi connectivity index (χ3n) is 3.62. The van der Waals surface area contributed by atoms with Crippen LogP contribution in [0.3, 0.4) is 0 Å². The molecule has 0 bridgehead atoms. The molecular weight excluding hydrogens is 212 g/mol. The maximum Gasteiger partial charge on any atom is 0.146 e.